The van der Waals surface area contributed by atoms with Gasteiger partial charge in [-0.25, -0.2) is 0 Å². The van der Waals surface area contributed by atoms with Crippen molar-refractivity contribution in [3.8, 4) is 0 Å². The Morgan fingerprint density at radius 3 is 2.56 bits per heavy atom. The Labute approximate surface area is 96.2 Å². The van der Waals surface area contributed by atoms with Crippen molar-refractivity contribution in [1.82, 2.24) is 0 Å². The van der Waals surface area contributed by atoms with E-state index < -0.39 is 12.1 Å². The highest BCUT2D eigenvalue weighted by molar-refractivity contribution is 5.69. The molecule has 0 radical (unpaired) electrons. The van der Waals surface area contributed by atoms with Gasteiger partial charge < -0.3 is 10.2 Å². The van der Waals surface area contributed by atoms with Crippen LogP contribution in [0.4, 0.5) is 0 Å². The molecule has 2 bridgehead atoms. The first-order chi connectivity index (χ1) is 7.30. The zero-order valence-electron chi connectivity index (χ0n) is 10.2. The van der Waals surface area contributed by atoms with Crippen molar-refractivity contribution in [3.63, 3.8) is 0 Å². The fourth-order valence-electron chi connectivity index (χ4n) is 3.62. The van der Waals surface area contributed by atoms with Gasteiger partial charge in [0.25, 0.3) is 0 Å². The number of aliphatic hydroxyl groups is 1. The third kappa shape index (κ3) is 1.27. The van der Waals surface area contributed by atoms with Gasteiger partial charge >= 0.3 is 5.97 Å². The van der Waals surface area contributed by atoms with E-state index in [-0.39, 0.29) is 17.3 Å². The number of carboxylic acids is 1. The lowest BCUT2D eigenvalue weighted by Crippen LogP contribution is -2.35. The molecule has 2 N–H and O–H groups in total. The van der Waals surface area contributed by atoms with E-state index in [1.165, 1.54) is 0 Å². The second-order valence-corrected chi connectivity index (χ2v) is 5.93. The van der Waals surface area contributed by atoms with E-state index in [2.05, 4.69) is 20.8 Å². The van der Waals surface area contributed by atoms with Gasteiger partial charge in [-0.1, -0.05) is 26.8 Å². The summed E-state index contributed by atoms with van der Waals surface area (Å²) in [5.74, 6) is -0.475. The lowest BCUT2D eigenvalue weighted by molar-refractivity contribution is -0.136. The molecule has 16 heavy (non-hydrogen) atoms. The molecule has 0 aliphatic heterocycles. The summed E-state index contributed by atoms with van der Waals surface area (Å²) in [5.41, 5.74) is 0.958. The van der Waals surface area contributed by atoms with E-state index in [1.807, 2.05) is 0 Å². The van der Waals surface area contributed by atoms with Crippen molar-refractivity contribution < 1.29 is 15.0 Å². The van der Waals surface area contributed by atoms with Crippen LogP contribution in [0.3, 0.4) is 0 Å². The molecule has 0 heterocycles. The summed E-state index contributed by atoms with van der Waals surface area (Å²) in [5, 5.41) is 19.0. The van der Waals surface area contributed by atoms with Crippen LogP contribution in [0.15, 0.2) is 11.6 Å². The molecule has 0 spiro atoms. The Morgan fingerprint density at radius 2 is 2.12 bits per heavy atom. The van der Waals surface area contributed by atoms with Gasteiger partial charge in [0, 0.05) is 5.41 Å². The Balaban J connectivity index is 2.33. The standard InChI is InChI=1S/C13H20O3/c1-12(2)9-6-7-13(12,3)11(16)8(9)4-5-10(14)15/h4,9,11,16H,5-7H2,1-3H3,(H,14,15)/t9-,11+,13-/m0/s1. The molecule has 2 aliphatic carbocycles. The number of aliphatic hydroxyl groups excluding tert-OH is 1. The van der Waals surface area contributed by atoms with Crippen LogP contribution in [-0.2, 0) is 4.79 Å². The second-order valence-electron chi connectivity index (χ2n) is 5.93. The summed E-state index contributed by atoms with van der Waals surface area (Å²) in [6.45, 7) is 6.50. The van der Waals surface area contributed by atoms with Crippen molar-refractivity contribution in [2.45, 2.75) is 46.1 Å². The Hall–Kier alpha value is -0.830. The molecule has 0 aromatic carbocycles. The van der Waals surface area contributed by atoms with E-state index in [4.69, 9.17) is 5.11 Å². The van der Waals surface area contributed by atoms with Gasteiger partial charge in [-0.05, 0) is 29.7 Å². The number of fused-ring (bicyclic) bond motifs is 2. The molecule has 2 rings (SSSR count). The van der Waals surface area contributed by atoms with Crippen molar-refractivity contribution in [3.05, 3.63) is 11.6 Å². The largest absolute Gasteiger partial charge is 0.481 e. The van der Waals surface area contributed by atoms with Gasteiger partial charge in [0.2, 0.25) is 0 Å². The molecule has 0 aromatic heterocycles. The van der Waals surface area contributed by atoms with Crippen molar-refractivity contribution >= 4 is 5.97 Å². The van der Waals surface area contributed by atoms with Crippen LogP contribution in [0.25, 0.3) is 0 Å². The minimum atomic E-state index is -0.828. The monoisotopic (exact) mass is 224 g/mol. The predicted octanol–water partition coefficient (Wildman–Crippen LogP) is 2.20. The van der Waals surface area contributed by atoms with E-state index in [1.54, 1.807) is 6.08 Å². The average Bonchev–Trinajstić information content (AvgIpc) is 2.47. The first kappa shape index (κ1) is 11.6. The van der Waals surface area contributed by atoms with Crippen LogP contribution in [0.5, 0.6) is 0 Å². The van der Waals surface area contributed by atoms with Gasteiger partial charge in [0.05, 0.1) is 12.5 Å². The molecule has 3 heteroatoms. The Bertz CT molecular complexity index is 356. The topological polar surface area (TPSA) is 57.5 Å². The number of aliphatic carboxylic acids is 1. The number of hydrogen-bond acceptors (Lipinski definition) is 2. The molecular weight excluding hydrogens is 204 g/mol. The summed E-state index contributed by atoms with van der Waals surface area (Å²) in [6, 6.07) is 0. The van der Waals surface area contributed by atoms with Gasteiger partial charge in [-0.15, -0.1) is 0 Å². The molecule has 90 valence electrons. The fraction of sp³-hybridized carbons (Fsp3) is 0.769. The lowest BCUT2D eigenvalue weighted by Gasteiger charge is -2.36. The molecule has 3 nitrogen and oxygen atoms in total. The first-order valence-corrected chi connectivity index (χ1v) is 5.90. The minimum Gasteiger partial charge on any atom is -0.481 e. The van der Waals surface area contributed by atoms with Crippen LogP contribution in [0.2, 0.25) is 0 Å². The maximum atomic E-state index is 10.6. The Morgan fingerprint density at radius 1 is 1.50 bits per heavy atom. The maximum Gasteiger partial charge on any atom is 0.307 e. The molecule has 2 aliphatic rings. The zero-order valence-corrected chi connectivity index (χ0v) is 10.2. The molecular formula is C13H20O3. The minimum absolute atomic E-state index is 0.0229. The highest BCUT2D eigenvalue weighted by atomic mass is 16.4. The molecule has 0 amide bonds. The quantitative estimate of drug-likeness (QED) is 0.707. The lowest BCUT2D eigenvalue weighted by atomic mass is 9.70. The summed E-state index contributed by atoms with van der Waals surface area (Å²) < 4.78 is 0. The van der Waals surface area contributed by atoms with E-state index in [9.17, 15) is 9.90 Å². The van der Waals surface area contributed by atoms with Crippen molar-refractivity contribution in [1.29, 1.82) is 0 Å². The summed E-state index contributed by atoms with van der Waals surface area (Å²) >= 11 is 0. The molecule has 2 fully saturated rings. The fourth-order valence-corrected chi connectivity index (χ4v) is 3.62. The van der Waals surface area contributed by atoms with E-state index in [0.29, 0.717) is 5.92 Å². The number of carboxylic acid groups (broad SMARTS) is 1. The number of hydrogen-bond donors (Lipinski definition) is 2. The highest BCUT2D eigenvalue weighted by Crippen LogP contribution is 2.67. The predicted molar refractivity (Wildman–Crippen MR) is 61.0 cm³/mol. The van der Waals surface area contributed by atoms with Gasteiger partial charge in [0.15, 0.2) is 0 Å². The molecule has 0 aromatic rings. The summed E-state index contributed by atoms with van der Waals surface area (Å²) in [7, 11) is 0. The third-order valence-corrected chi connectivity index (χ3v) is 5.13. The van der Waals surface area contributed by atoms with E-state index in [0.717, 1.165) is 18.4 Å². The SMILES string of the molecule is CC1(C)[C@H]2CC[C@@]1(C)[C@H](O)C2=CCC(=O)O. The Kier molecular flexibility index (Phi) is 2.42. The van der Waals surface area contributed by atoms with E-state index >= 15 is 0 Å². The molecule has 2 saturated carbocycles. The van der Waals surface area contributed by atoms with Crippen LogP contribution < -0.4 is 0 Å². The first-order valence-electron chi connectivity index (χ1n) is 5.90. The van der Waals surface area contributed by atoms with Gasteiger partial charge in [-0.2, -0.15) is 0 Å². The summed E-state index contributed by atoms with van der Waals surface area (Å²) in [4.78, 5) is 10.6. The maximum absolute atomic E-state index is 10.6. The van der Waals surface area contributed by atoms with Crippen molar-refractivity contribution in [2.75, 3.05) is 0 Å². The van der Waals surface area contributed by atoms with Crippen LogP contribution in [0, 0.1) is 16.7 Å². The third-order valence-electron chi connectivity index (χ3n) is 5.13. The molecule has 3 atom stereocenters. The zero-order chi connectivity index (χ0) is 12.1. The van der Waals surface area contributed by atoms with Gasteiger partial charge in [0.1, 0.15) is 0 Å². The van der Waals surface area contributed by atoms with Crippen LogP contribution in [-0.4, -0.2) is 22.3 Å². The molecule has 0 unspecified atom stereocenters. The number of carbonyl (C=O) groups is 1. The smallest absolute Gasteiger partial charge is 0.307 e. The van der Waals surface area contributed by atoms with Crippen LogP contribution in [0.1, 0.15) is 40.0 Å². The second kappa shape index (κ2) is 3.33. The summed E-state index contributed by atoms with van der Waals surface area (Å²) in [6.07, 6.45) is 3.40. The van der Waals surface area contributed by atoms with Gasteiger partial charge in [-0.3, -0.25) is 4.79 Å². The normalized spacial score (nSPS) is 42.9. The average molecular weight is 224 g/mol. The van der Waals surface area contributed by atoms with Crippen molar-refractivity contribution in [2.24, 2.45) is 16.7 Å². The molecule has 0 saturated heterocycles. The highest BCUT2D eigenvalue weighted by Gasteiger charge is 2.63. The number of rotatable bonds is 2. The van der Waals surface area contributed by atoms with Crippen LogP contribution >= 0.6 is 0 Å².